The van der Waals surface area contributed by atoms with Gasteiger partial charge in [0.2, 0.25) is 7.37 Å². The SMILES string of the molecule is CCP(=O)(CC)OCBr. The fraction of sp³-hybridized carbons (Fsp3) is 1.00. The van der Waals surface area contributed by atoms with E-state index in [0.717, 1.165) is 0 Å². The van der Waals surface area contributed by atoms with Gasteiger partial charge in [0.1, 0.15) is 5.52 Å². The minimum Gasteiger partial charge on any atom is -0.317 e. The van der Waals surface area contributed by atoms with Gasteiger partial charge in [0.25, 0.3) is 0 Å². The Kier molecular flexibility index (Phi) is 4.81. The van der Waals surface area contributed by atoms with E-state index in [0.29, 0.717) is 17.8 Å². The second kappa shape index (κ2) is 4.48. The molecule has 0 rings (SSSR count). The zero-order valence-corrected chi connectivity index (χ0v) is 8.24. The van der Waals surface area contributed by atoms with Crippen LogP contribution in [0.25, 0.3) is 0 Å². The number of hydrogen-bond donors (Lipinski definition) is 0. The van der Waals surface area contributed by atoms with E-state index in [9.17, 15) is 4.57 Å². The van der Waals surface area contributed by atoms with Crippen LogP contribution >= 0.6 is 23.3 Å². The minimum atomic E-state index is -2.23. The fourth-order valence-electron chi connectivity index (χ4n) is 0.495. The number of hydrogen-bond acceptors (Lipinski definition) is 2. The summed E-state index contributed by atoms with van der Waals surface area (Å²) in [7, 11) is -2.23. The molecular formula is C5H12BrO2P. The largest absolute Gasteiger partial charge is 0.317 e. The van der Waals surface area contributed by atoms with Gasteiger partial charge in [-0.1, -0.05) is 29.8 Å². The third kappa shape index (κ3) is 3.39. The Morgan fingerprint density at radius 1 is 1.44 bits per heavy atom. The van der Waals surface area contributed by atoms with Gasteiger partial charge in [-0.3, -0.25) is 4.57 Å². The highest BCUT2D eigenvalue weighted by Gasteiger charge is 2.15. The van der Waals surface area contributed by atoms with Crippen LogP contribution in [0.4, 0.5) is 0 Å². The van der Waals surface area contributed by atoms with Gasteiger partial charge in [-0.15, -0.1) is 0 Å². The standard InChI is InChI=1S/C5H12BrO2P/c1-3-9(7,4-2)8-5-6/h3-5H2,1-2H3. The van der Waals surface area contributed by atoms with Crippen LogP contribution in [0.3, 0.4) is 0 Å². The van der Waals surface area contributed by atoms with E-state index < -0.39 is 7.37 Å². The van der Waals surface area contributed by atoms with Crippen molar-refractivity contribution in [3.05, 3.63) is 0 Å². The first-order valence-electron chi connectivity index (χ1n) is 2.97. The lowest BCUT2D eigenvalue weighted by atomic mass is 11.0. The summed E-state index contributed by atoms with van der Waals surface area (Å²) in [6, 6.07) is 0. The molecule has 0 atom stereocenters. The number of halogens is 1. The summed E-state index contributed by atoms with van der Waals surface area (Å²) in [6.07, 6.45) is 1.27. The van der Waals surface area contributed by atoms with Crippen molar-refractivity contribution < 1.29 is 9.09 Å². The maximum Gasteiger partial charge on any atom is 0.203 e. The van der Waals surface area contributed by atoms with E-state index in [-0.39, 0.29) is 0 Å². The summed E-state index contributed by atoms with van der Waals surface area (Å²) in [5.74, 6) is 0. The molecule has 0 aliphatic heterocycles. The highest BCUT2D eigenvalue weighted by Crippen LogP contribution is 2.45. The molecule has 0 saturated carbocycles. The van der Waals surface area contributed by atoms with Gasteiger partial charge >= 0.3 is 0 Å². The number of alkyl halides is 1. The first-order chi connectivity index (χ1) is 4.18. The molecule has 0 bridgehead atoms. The summed E-state index contributed by atoms with van der Waals surface area (Å²) >= 11 is 3.07. The lowest BCUT2D eigenvalue weighted by molar-refractivity contribution is 0.382. The Bertz CT molecular complexity index is 108. The molecule has 0 aliphatic carbocycles. The maximum absolute atomic E-state index is 11.3. The zero-order valence-electron chi connectivity index (χ0n) is 5.76. The van der Waals surface area contributed by atoms with Gasteiger partial charge in [-0.25, -0.2) is 0 Å². The normalized spacial score (nSPS) is 11.9. The molecule has 56 valence electrons. The molecule has 0 spiro atoms. The molecular weight excluding hydrogens is 203 g/mol. The topological polar surface area (TPSA) is 26.3 Å². The third-order valence-electron chi connectivity index (χ3n) is 1.25. The predicted molar refractivity (Wildman–Crippen MR) is 43.6 cm³/mol. The Balaban J connectivity index is 3.78. The molecule has 2 nitrogen and oxygen atoms in total. The lowest BCUT2D eigenvalue weighted by Crippen LogP contribution is -1.92. The molecule has 0 amide bonds. The summed E-state index contributed by atoms with van der Waals surface area (Å²) < 4.78 is 16.3. The molecule has 0 unspecified atom stereocenters. The van der Waals surface area contributed by atoms with E-state index >= 15 is 0 Å². The summed E-state index contributed by atoms with van der Waals surface area (Å²) in [6.45, 7) is 3.76. The highest BCUT2D eigenvalue weighted by atomic mass is 79.9. The fourth-order valence-corrected chi connectivity index (χ4v) is 2.60. The molecule has 0 N–H and O–H groups in total. The monoisotopic (exact) mass is 214 g/mol. The van der Waals surface area contributed by atoms with Gasteiger partial charge in [0, 0.05) is 12.3 Å². The third-order valence-corrected chi connectivity index (χ3v) is 4.36. The van der Waals surface area contributed by atoms with E-state index in [2.05, 4.69) is 15.9 Å². The van der Waals surface area contributed by atoms with Crippen LogP contribution in [-0.4, -0.2) is 17.8 Å². The minimum absolute atomic E-state index is 0.381. The molecule has 0 radical (unpaired) electrons. The highest BCUT2D eigenvalue weighted by molar-refractivity contribution is 9.09. The second-order valence-corrected chi connectivity index (χ2v) is 5.30. The second-order valence-electron chi connectivity index (χ2n) is 1.69. The van der Waals surface area contributed by atoms with Crippen LogP contribution in [-0.2, 0) is 9.09 Å². The van der Waals surface area contributed by atoms with Crippen LogP contribution in [0.1, 0.15) is 13.8 Å². The van der Waals surface area contributed by atoms with Gasteiger partial charge in [-0.2, -0.15) is 0 Å². The summed E-state index contributed by atoms with van der Waals surface area (Å²) in [5.41, 5.74) is 0.381. The van der Waals surface area contributed by atoms with Crippen molar-refractivity contribution in [3.8, 4) is 0 Å². The Hall–Kier alpha value is 0.670. The van der Waals surface area contributed by atoms with E-state index in [1.165, 1.54) is 0 Å². The van der Waals surface area contributed by atoms with E-state index in [1.54, 1.807) is 0 Å². The smallest absolute Gasteiger partial charge is 0.203 e. The van der Waals surface area contributed by atoms with Gasteiger partial charge in [0.05, 0.1) is 0 Å². The maximum atomic E-state index is 11.3. The molecule has 0 aromatic heterocycles. The molecule has 0 saturated heterocycles. The first-order valence-corrected chi connectivity index (χ1v) is 6.08. The molecule has 0 aromatic carbocycles. The van der Waals surface area contributed by atoms with Crippen LogP contribution in [0, 0.1) is 0 Å². The van der Waals surface area contributed by atoms with Crippen LogP contribution in [0.2, 0.25) is 0 Å². The molecule has 0 fully saturated rings. The lowest BCUT2D eigenvalue weighted by Gasteiger charge is -2.11. The number of rotatable bonds is 4. The van der Waals surface area contributed by atoms with Crippen molar-refractivity contribution in [2.75, 3.05) is 17.8 Å². The zero-order chi connectivity index (χ0) is 7.33. The first kappa shape index (κ1) is 9.67. The van der Waals surface area contributed by atoms with Crippen molar-refractivity contribution in [3.63, 3.8) is 0 Å². The Morgan fingerprint density at radius 2 is 1.89 bits per heavy atom. The molecule has 0 aliphatic rings. The van der Waals surface area contributed by atoms with E-state index in [1.807, 2.05) is 13.8 Å². The van der Waals surface area contributed by atoms with Crippen LogP contribution < -0.4 is 0 Å². The Labute approximate surface area is 64.6 Å². The van der Waals surface area contributed by atoms with Crippen molar-refractivity contribution in [2.24, 2.45) is 0 Å². The van der Waals surface area contributed by atoms with Crippen molar-refractivity contribution in [2.45, 2.75) is 13.8 Å². The van der Waals surface area contributed by atoms with E-state index in [4.69, 9.17) is 4.52 Å². The molecule has 0 aromatic rings. The van der Waals surface area contributed by atoms with Gasteiger partial charge < -0.3 is 4.52 Å². The summed E-state index contributed by atoms with van der Waals surface area (Å²) in [5, 5.41) is 0. The molecule has 0 heterocycles. The average Bonchev–Trinajstić information content (AvgIpc) is 1.89. The Morgan fingerprint density at radius 3 is 2.00 bits per heavy atom. The molecule has 4 heteroatoms. The van der Waals surface area contributed by atoms with Gasteiger partial charge in [0.15, 0.2) is 0 Å². The van der Waals surface area contributed by atoms with Gasteiger partial charge in [-0.05, 0) is 0 Å². The molecule has 9 heavy (non-hydrogen) atoms. The van der Waals surface area contributed by atoms with Crippen molar-refractivity contribution in [1.29, 1.82) is 0 Å². The quantitative estimate of drug-likeness (QED) is 0.532. The van der Waals surface area contributed by atoms with Crippen molar-refractivity contribution >= 4 is 23.3 Å². The predicted octanol–water partition coefficient (Wildman–Crippen LogP) is 2.67. The van der Waals surface area contributed by atoms with Crippen LogP contribution in [0.5, 0.6) is 0 Å². The summed E-state index contributed by atoms with van der Waals surface area (Å²) in [4.78, 5) is 0. The van der Waals surface area contributed by atoms with Crippen LogP contribution in [0.15, 0.2) is 0 Å². The average molecular weight is 215 g/mol. The van der Waals surface area contributed by atoms with Crippen molar-refractivity contribution in [1.82, 2.24) is 0 Å².